The van der Waals surface area contributed by atoms with E-state index < -0.39 is 0 Å². The highest BCUT2D eigenvalue weighted by Crippen LogP contribution is 2.27. The van der Waals surface area contributed by atoms with E-state index >= 15 is 0 Å². The highest BCUT2D eigenvalue weighted by atomic mass is 16.5. The molecule has 0 N–H and O–H groups in total. The van der Waals surface area contributed by atoms with Crippen LogP contribution in [0.15, 0.2) is 60.0 Å². The summed E-state index contributed by atoms with van der Waals surface area (Å²) in [5, 5.41) is 0. The average molecular weight is 281 g/mol. The molecular weight excluding hydrogens is 262 g/mol. The molecule has 2 rings (SSSR count). The first-order chi connectivity index (χ1) is 10.2. The monoisotopic (exact) mass is 281 g/mol. The minimum atomic E-state index is 0.769. The molecule has 0 spiro atoms. The Bertz CT molecular complexity index is 620. The molecule has 4 heteroatoms. The summed E-state index contributed by atoms with van der Waals surface area (Å²) in [6.07, 6.45) is 5.42. The fourth-order valence-electron chi connectivity index (χ4n) is 2.04. The molecule has 0 bridgehead atoms. The van der Waals surface area contributed by atoms with Crippen LogP contribution in [0.25, 0.3) is 11.3 Å². The number of nitrogens with zero attached hydrogens (tertiary/aromatic N) is 3. The largest absolute Gasteiger partial charge is 0.496 e. The second-order valence-corrected chi connectivity index (χ2v) is 4.65. The Hall–Kier alpha value is -2.62. The normalized spacial score (nSPS) is 10.6. The Labute approximate surface area is 125 Å². The van der Waals surface area contributed by atoms with Crippen LogP contribution in [0.3, 0.4) is 0 Å². The summed E-state index contributed by atoms with van der Waals surface area (Å²) < 4.78 is 5.37. The smallest absolute Gasteiger partial charge is 0.128 e. The second kappa shape index (κ2) is 7.24. The lowest BCUT2D eigenvalue weighted by molar-refractivity contribution is 0.416. The Morgan fingerprint density at radius 3 is 2.76 bits per heavy atom. The topological polar surface area (TPSA) is 37.7 Å². The van der Waals surface area contributed by atoms with Crippen molar-refractivity contribution in [1.29, 1.82) is 0 Å². The minimum absolute atomic E-state index is 0.769. The Kier molecular flexibility index (Phi) is 5.10. The first-order valence-electron chi connectivity index (χ1n) is 6.65. The van der Waals surface area contributed by atoms with Gasteiger partial charge in [-0.05, 0) is 30.5 Å². The van der Waals surface area contributed by atoms with Crippen LogP contribution in [0.4, 0.5) is 0 Å². The van der Waals surface area contributed by atoms with E-state index in [-0.39, 0.29) is 0 Å². The predicted molar refractivity (Wildman–Crippen MR) is 86.4 cm³/mol. The van der Waals surface area contributed by atoms with Gasteiger partial charge in [-0.1, -0.05) is 18.2 Å². The maximum Gasteiger partial charge on any atom is 0.128 e. The van der Waals surface area contributed by atoms with Crippen LogP contribution in [0, 0.1) is 0 Å². The standard InChI is InChI=1S/C17H19N3O/c1-18-10-11-20(2)13-14-8-9-16(19-12-14)15-6-4-5-7-17(15)21-3/h4-12H,1,13H2,2-3H3. The lowest BCUT2D eigenvalue weighted by Crippen LogP contribution is -2.09. The van der Waals surface area contributed by atoms with E-state index in [0.717, 1.165) is 29.1 Å². The van der Waals surface area contributed by atoms with Crippen molar-refractivity contribution in [3.63, 3.8) is 0 Å². The molecule has 21 heavy (non-hydrogen) atoms. The quantitative estimate of drug-likeness (QED) is 0.762. The van der Waals surface area contributed by atoms with Gasteiger partial charge >= 0.3 is 0 Å². The van der Waals surface area contributed by atoms with E-state index in [1.54, 1.807) is 13.3 Å². The molecule has 0 atom stereocenters. The van der Waals surface area contributed by atoms with E-state index in [0.29, 0.717) is 0 Å². The molecule has 0 amide bonds. The summed E-state index contributed by atoms with van der Waals surface area (Å²) in [6.45, 7) is 4.18. The molecule has 1 heterocycles. The zero-order valence-corrected chi connectivity index (χ0v) is 12.4. The van der Waals surface area contributed by atoms with Crippen molar-refractivity contribution in [2.24, 2.45) is 4.99 Å². The molecule has 1 aromatic heterocycles. The number of rotatable bonds is 6. The van der Waals surface area contributed by atoms with Gasteiger partial charge in [-0.25, -0.2) is 0 Å². The number of aliphatic imine (C=N–C) groups is 1. The molecule has 1 aromatic carbocycles. The maximum atomic E-state index is 5.37. The molecule has 0 fully saturated rings. The van der Waals surface area contributed by atoms with Crippen molar-refractivity contribution in [3.8, 4) is 17.0 Å². The van der Waals surface area contributed by atoms with Gasteiger partial charge in [0.05, 0.1) is 12.8 Å². The molecule has 4 nitrogen and oxygen atoms in total. The van der Waals surface area contributed by atoms with Crippen LogP contribution >= 0.6 is 0 Å². The fraction of sp³-hybridized carbons (Fsp3) is 0.176. The Balaban J connectivity index is 2.15. The average Bonchev–Trinajstić information content (AvgIpc) is 2.53. The fourth-order valence-corrected chi connectivity index (χ4v) is 2.04. The van der Waals surface area contributed by atoms with Gasteiger partial charge in [0.1, 0.15) is 5.75 Å². The van der Waals surface area contributed by atoms with Gasteiger partial charge in [0.2, 0.25) is 0 Å². The predicted octanol–water partition coefficient (Wildman–Crippen LogP) is 3.36. The molecule has 0 aliphatic rings. The van der Waals surface area contributed by atoms with Gasteiger partial charge in [0.25, 0.3) is 0 Å². The maximum absolute atomic E-state index is 5.37. The molecule has 0 saturated carbocycles. The highest BCUT2D eigenvalue weighted by Gasteiger charge is 2.06. The lowest BCUT2D eigenvalue weighted by atomic mass is 10.1. The number of hydrogen-bond acceptors (Lipinski definition) is 4. The Morgan fingerprint density at radius 2 is 2.10 bits per heavy atom. The molecule has 0 unspecified atom stereocenters. The van der Waals surface area contributed by atoms with E-state index in [2.05, 4.69) is 22.8 Å². The van der Waals surface area contributed by atoms with Crippen molar-refractivity contribution in [3.05, 3.63) is 60.6 Å². The molecule has 2 aromatic rings. The molecule has 108 valence electrons. The number of para-hydroxylation sites is 1. The minimum Gasteiger partial charge on any atom is -0.496 e. The van der Waals surface area contributed by atoms with Crippen molar-refractivity contribution in [1.82, 2.24) is 9.88 Å². The second-order valence-electron chi connectivity index (χ2n) is 4.65. The molecule has 0 aliphatic heterocycles. The van der Waals surface area contributed by atoms with Crippen molar-refractivity contribution in [2.45, 2.75) is 6.54 Å². The molecule has 0 saturated heterocycles. The summed E-state index contributed by atoms with van der Waals surface area (Å²) >= 11 is 0. The first-order valence-corrected chi connectivity index (χ1v) is 6.65. The van der Waals surface area contributed by atoms with E-state index in [1.807, 2.05) is 54.7 Å². The summed E-state index contributed by atoms with van der Waals surface area (Å²) in [7, 11) is 3.65. The van der Waals surface area contributed by atoms with E-state index in [4.69, 9.17) is 4.74 Å². The van der Waals surface area contributed by atoms with Gasteiger partial charge in [0.15, 0.2) is 0 Å². The third kappa shape index (κ3) is 3.92. The van der Waals surface area contributed by atoms with E-state index in [9.17, 15) is 0 Å². The van der Waals surface area contributed by atoms with Crippen LogP contribution in [-0.4, -0.2) is 30.8 Å². The number of methoxy groups -OCH3 is 1. The summed E-state index contributed by atoms with van der Waals surface area (Å²) in [6, 6.07) is 12.0. The SMILES string of the molecule is C=NC=CN(C)Cc1ccc(-c2ccccc2OC)nc1. The van der Waals surface area contributed by atoms with Crippen LogP contribution in [-0.2, 0) is 6.54 Å². The number of benzene rings is 1. The number of pyridine rings is 1. The van der Waals surface area contributed by atoms with Gasteiger partial charge < -0.3 is 9.64 Å². The lowest BCUT2D eigenvalue weighted by Gasteiger charge is -2.13. The van der Waals surface area contributed by atoms with Crippen molar-refractivity contribution in [2.75, 3.05) is 14.2 Å². The van der Waals surface area contributed by atoms with Crippen LogP contribution in [0.5, 0.6) is 5.75 Å². The van der Waals surface area contributed by atoms with Crippen LogP contribution < -0.4 is 4.74 Å². The van der Waals surface area contributed by atoms with Crippen molar-refractivity contribution >= 4 is 6.72 Å². The highest BCUT2D eigenvalue weighted by molar-refractivity contribution is 5.66. The zero-order chi connectivity index (χ0) is 15.1. The third-order valence-electron chi connectivity index (χ3n) is 3.07. The number of aromatic nitrogens is 1. The number of hydrogen-bond donors (Lipinski definition) is 0. The third-order valence-corrected chi connectivity index (χ3v) is 3.07. The molecular formula is C17H19N3O. The van der Waals surface area contributed by atoms with Gasteiger partial charge in [-0.2, -0.15) is 0 Å². The number of ether oxygens (including phenoxy) is 1. The summed E-state index contributed by atoms with van der Waals surface area (Å²) in [5.74, 6) is 0.829. The first kappa shape index (κ1) is 14.8. The van der Waals surface area contributed by atoms with Gasteiger partial charge in [-0.3, -0.25) is 9.98 Å². The van der Waals surface area contributed by atoms with E-state index in [1.165, 1.54) is 0 Å². The molecule has 0 radical (unpaired) electrons. The van der Waals surface area contributed by atoms with Crippen LogP contribution in [0.1, 0.15) is 5.56 Å². The summed E-state index contributed by atoms with van der Waals surface area (Å²) in [4.78, 5) is 10.2. The summed E-state index contributed by atoms with van der Waals surface area (Å²) in [5.41, 5.74) is 3.03. The van der Waals surface area contributed by atoms with Gasteiger partial charge in [0, 0.05) is 37.8 Å². The van der Waals surface area contributed by atoms with Crippen molar-refractivity contribution < 1.29 is 4.74 Å². The van der Waals surface area contributed by atoms with Crippen LogP contribution in [0.2, 0.25) is 0 Å². The zero-order valence-electron chi connectivity index (χ0n) is 12.4. The molecule has 0 aliphatic carbocycles. The van der Waals surface area contributed by atoms with Gasteiger partial charge in [-0.15, -0.1) is 0 Å². The Morgan fingerprint density at radius 1 is 1.29 bits per heavy atom.